The first kappa shape index (κ1) is 20.0. The topological polar surface area (TPSA) is 65.1 Å². The van der Waals surface area contributed by atoms with Crippen molar-refractivity contribution in [2.24, 2.45) is 0 Å². The lowest BCUT2D eigenvalue weighted by Crippen LogP contribution is -2.49. The largest absolute Gasteiger partial charge is 0.465 e. The Morgan fingerprint density at radius 3 is 2.38 bits per heavy atom. The summed E-state index contributed by atoms with van der Waals surface area (Å²) in [5.41, 5.74) is 0.0802. The van der Waals surface area contributed by atoms with Crippen LogP contribution in [0.1, 0.15) is 50.5 Å². The van der Waals surface area contributed by atoms with Gasteiger partial charge in [-0.05, 0) is 52.3 Å². The maximum atomic E-state index is 12.6. The van der Waals surface area contributed by atoms with Crippen LogP contribution in [0.4, 0.5) is 4.79 Å². The highest BCUT2D eigenvalue weighted by Gasteiger charge is 2.44. The van der Waals surface area contributed by atoms with Gasteiger partial charge in [-0.1, -0.05) is 24.3 Å². The lowest BCUT2D eigenvalue weighted by molar-refractivity contribution is -0.0610. The quantitative estimate of drug-likeness (QED) is 0.765. The molecule has 2 rings (SSSR count). The highest BCUT2D eigenvalue weighted by Crippen LogP contribution is 2.30. The molecule has 1 aromatic rings. The van der Waals surface area contributed by atoms with Crippen molar-refractivity contribution in [2.45, 2.75) is 52.0 Å². The fourth-order valence-electron chi connectivity index (χ4n) is 2.71. The summed E-state index contributed by atoms with van der Waals surface area (Å²) in [5.74, 6) is -0.373. The molecule has 0 radical (unpaired) electrons. The summed E-state index contributed by atoms with van der Waals surface area (Å²) in [7, 11) is 1.35. The fourth-order valence-corrected chi connectivity index (χ4v) is 2.71. The molecular weight excluding hydrogens is 334 g/mol. The zero-order valence-electron chi connectivity index (χ0n) is 16.2. The molecule has 1 saturated heterocycles. The summed E-state index contributed by atoms with van der Waals surface area (Å²) in [6.45, 7) is 9.59. The van der Waals surface area contributed by atoms with E-state index in [1.165, 1.54) is 7.11 Å². The van der Waals surface area contributed by atoms with Crippen LogP contribution < -0.4 is 0 Å². The minimum atomic E-state index is -0.744. The second kappa shape index (κ2) is 7.50. The average molecular weight is 361 g/mol. The number of benzene rings is 1. The molecule has 1 atom stereocenters. The maximum Gasteiger partial charge on any atom is 0.413 e. The summed E-state index contributed by atoms with van der Waals surface area (Å²) in [6, 6.07) is 6.81. The second-order valence-electron chi connectivity index (χ2n) is 7.65. The number of rotatable bonds is 3. The van der Waals surface area contributed by atoms with Crippen molar-refractivity contribution in [3.05, 3.63) is 41.5 Å². The van der Waals surface area contributed by atoms with Crippen molar-refractivity contribution >= 4 is 18.1 Å². The lowest BCUT2D eigenvalue weighted by atomic mass is 10.1. The Hall–Kier alpha value is -2.34. The van der Waals surface area contributed by atoms with E-state index in [0.717, 1.165) is 5.56 Å². The van der Waals surface area contributed by atoms with Crippen molar-refractivity contribution in [2.75, 3.05) is 13.7 Å². The molecule has 1 amide bonds. The number of carbonyl (C=O) groups is 2. The minimum absolute atomic E-state index is 0.236. The van der Waals surface area contributed by atoms with E-state index in [0.29, 0.717) is 12.2 Å². The molecule has 0 aromatic heterocycles. The molecule has 0 aliphatic carbocycles. The summed E-state index contributed by atoms with van der Waals surface area (Å²) in [4.78, 5) is 25.7. The molecule has 1 aromatic carbocycles. The van der Waals surface area contributed by atoms with Gasteiger partial charge in [0.15, 0.2) is 0 Å². The van der Waals surface area contributed by atoms with Crippen LogP contribution in [0.5, 0.6) is 0 Å². The zero-order valence-corrected chi connectivity index (χ0v) is 16.2. The molecule has 26 heavy (non-hydrogen) atoms. The van der Waals surface area contributed by atoms with Crippen molar-refractivity contribution in [1.82, 2.24) is 4.90 Å². The monoisotopic (exact) mass is 361 g/mol. The first-order valence-corrected chi connectivity index (χ1v) is 8.56. The first-order valence-electron chi connectivity index (χ1n) is 8.56. The predicted octanol–water partition coefficient (Wildman–Crippen LogP) is 3.86. The van der Waals surface area contributed by atoms with E-state index in [2.05, 4.69) is 4.74 Å². The van der Waals surface area contributed by atoms with Gasteiger partial charge < -0.3 is 14.2 Å². The normalized spacial score (nSPS) is 19.6. The highest BCUT2D eigenvalue weighted by atomic mass is 16.6. The van der Waals surface area contributed by atoms with Crippen LogP contribution in [0.3, 0.4) is 0 Å². The van der Waals surface area contributed by atoms with Crippen molar-refractivity contribution in [1.29, 1.82) is 0 Å². The minimum Gasteiger partial charge on any atom is -0.465 e. The van der Waals surface area contributed by atoms with Gasteiger partial charge in [0.1, 0.15) is 11.3 Å². The summed E-state index contributed by atoms with van der Waals surface area (Å²) in [5, 5.41) is 0. The third-order valence-corrected chi connectivity index (χ3v) is 3.95. The Bertz CT molecular complexity index is 685. The van der Waals surface area contributed by atoms with E-state index in [9.17, 15) is 9.59 Å². The van der Waals surface area contributed by atoms with Gasteiger partial charge in [0.25, 0.3) is 0 Å². The van der Waals surface area contributed by atoms with Crippen molar-refractivity contribution < 1.29 is 23.8 Å². The van der Waals surface area contributed by atoms with Gasteiger partial charge >= 0.3 is 12.1 Å². The fraction of sp³-hybridized carbons (Fsp3) is 0.500. The molecule has 6 nitrogen and oxygen atoms in total. The molecular formula is C20H27NO5. The van der Waals surface area contributed by atoms with Crippen LogP contribution in [0, 0.1) is 0 Å². The van der Waals surface area contributed by atoms with Gasteiger partial charge in [-0.2, -0.15) is 0 Å². The van der Waals surface area contributed by atoms with Gasteiger partial charge in [-0.15, -0.1) is 0 Å². The van der Waals surface area contributed by atoms with Gasteiger partial charge in [0, 0.05) is 0 Å². The number of hydrogen-bond donors (Lipinski definition) is 0. The van der Waals surface area contributed by atoms with Crippen molar-refractivity contribution in [3.8, 4) is 0 Å². The summed E-state index contributed by atoms with van der Waals surface area (Å²) < 4.78 is 16.0. The van der Waals surface area contributed by atoms with Gasteiger partial charge in [0.05, 0.1) is 25.3 Å². The smallest absolute Gasteiger partial charge is 0.413 e. The van der Waals surface area contributed by atoms with E-state index < -0.39 is 17.4 Å². The van der Waals surface area contributed by atoms with Crippen LogP contribution >= 0.6 is 0 Å². The predicted molar refractivity (Wildman–Crippen MR) is 98.7 cm³/mol. The number of esters is 1. The molecule has 1 fully saturated rings. The zero-order chi connectivity index (χ0) is 19.5. The Balaban J connectivity index is 2.14. The van der Waals surface area contributed by atoms with E-state index in [1.54, 1.807) is 17.0 Å². The van der Waals surface area contributed by atoms with Crippen LogP contribution in [0.25, 0.3) is 6.08 Å². The Morgan fingerprint density at radius 2 is 1.85 bits per heavy atom. The maximum absolute atomic E-state index is 12.6. The molecule has 1 heterocycles. The van der Waals surface area contributed by atoms with Crippen LogP contribution in [-0.2, 0) is 14.2 Å². The van der Waals surface area contributed by atoms with E-state index >= 15 is 0 Å². The van der Waals surface area contributed by atoms with Crippen LogP contribution in [0.15, 0.2) is 30.3 Å². The first-order chi connectivity index (χ1) is 12.0. The average Bonchev–Trinajstić information content (AvgIpc) is 2.85. The van der Waals surface area contributed by atoms with Crippen LogP contribution in [-0.4, -0.2) is 48.0 Å². The Labute approximate surface area is 154 Å². The third kappa shape index (κ3) is 4.85. The number of amides is 1. The summed E-state index contributed by atoms with van der Waals surface area (Å²) in [6.07, 6.45) is 3.40. The molecule has 0 N–H and O–H groups in total. The number of hydrogen-bond acceptors (Lipinski definition) is 5. The van der Waals surface area contributed by atoms with Gasteiger partial charge in [-0.3, -0.25) is 4.90 Å². The van der Waals surface area contributed by atoms with Gasteiger partial charge in [0.2, 0.25) is 0 Å². The van der Waals surface area contributed by atoms with E-state index in [4.69, 9.17) is 9.47 Å². The molecule has 0 spiro atoms. The van der Waals surface area contributed by atoms with E-state index in [-0.39, 0.29) is 12.0 Å². The van der Waals surface area contributed by atoms with E-state index in [1.807, 2.05) is 58.9 Å². The highest BCUT2D eigenvalue weighted by molar-refractivity contribution is 5.89. The molecule has 142 valence electrons. The second-order valence-corrected chi connectivity index (χ2v) is 7.65. The van der Waals surface area contributed by atoms with Crippen LogP contribution in [0.2, 0.25) is 0 Å². The molecule has 0 bridgehead atoms. The number of methoxy groups -OCH3 is 1. The molecule has 0 saturated carbocycles. The van der Waals surface area contributed by atoms with Gasteiger partial charge in [-0.25, -0.2) is 9.59 Å². The van der Waals surface area contributed by atoms with Crippen molar-refractivity contribution in [3.63, 3.8) is 0 Å². The Kier molecular flexibility index (Phi) is 5.76. The molecule has 1 aliphatic rings. The molecule has 6 heteroatoms. The SMILES string of the molecule is COC(=O)c1ccc(/C=C/[C@H]2COC(C)(C)N2C(=O)OC(C)(C)C)cc1. The number of carbonyl (C=O) groups excluding carboxylic acids is 2. The molecule has 1 aliphatic heterocycles. The lowest BCUT2D eigenvalue weighted by Gasteiger charge is -2.34. The number of ether oxygens (including phenoxy) is 3. The molecule has 0 unspecified atom stereocenters. The standard InChI is InChI=1S/C20H27NO5/c1-19(2,3)26-18(23)21-16(13-25-20(21,4)5)12-9-14-7-10-15(11-8-14)17(22)24-6/h7-12,16H,13H2,1-6H3/b12-9+/t16-/m0/s1. The Morgan fingerprint density at radius 1 is 1.23 bits per heavy atom. The number of nitrogens with zero attached hydrogens (tertiary/aromatic N) is 1. The third-order valence-electron chi connectivity index (χ3n) is 3.95. The summed E-state index contributed by atoms with van der Waals surface area (Å²) >= 11 is 0.